The molecular weight excluding hydrogens is 335 g/mol. The number of hydrogen-bond donors (Lipinski definition) is 2. The van der Waals surface area contributed by atoms with E-state index in [-0.39, 0.29) is 35.5 Å². The van der Waals surface area contributed by atoms with E-state index in [2.05, 4.69) is 5.32 Å². The number of alkyl carbamates (subject to hydrolysis) is 1. The first-order valence-corrected chi connectivity index (χ1v) is 8.35. The minimum absolute atomic E-state index is 0. The van der Waals surface area contributed by atoms with Crippen LogP contribution in [0.4, 0.5) is 4.79 Å². The molecule has 2 amide bonds. The van der Waals surface area contributed by atoms with Crippen molar-refractivity contribution in [2.75, 3.05) is 12.2 Å². The van der Waals surface area contributed by atoms with Crippen molar-refractivity contribution in [1.82, 2.24) is 10.6 Å². The third kappa shape index (κ3) is 13.8. The van der Waals surface area contributed by atoms with Crippen molar-refractivity contribution in [3.05, 3.63) is 0 Å². The van der Waals surface area contributed by atoms with E-state index >= 15 is 0 Å². The van der Waals surface area contributed by atoms with Crippen LogP contribution < -0.4 is 40.2 Å². The van der Waals surface area contributed by atoms with Gasteiger partial charge >= 0.3 is 35.7 Å². The molecule has 23 heavy (non-hydrogen) atoms. The molecule has 1 atom stereocenters. The molecule has 8 nitrogen and oxygen atoms in total. The molecule has 0 heterocycles. The summed E-state index contributed by atoms with van der Waals surface area (Å²) in [5.41, 5.74) is -0.765. The van der Waals surface area contributed by atoms with Gasteiger partial charge in [-0.2, -0.15) is 0 Å². The van der Waals surface area contributed by atoms with Gasteiger partial charge in [-0.15, -0.1) is 0 Å². The molecule has 0 spiro atoms. The van der Waals surface area contributed by atoms with Crippen LogP contribution >= 0.6 is 0 Å². The zero-order valence-electron chi connectivity index (χ0n) is 16.4. The Labute approximate surface area is 163 Å². The van der Waals surface area contributed by atoms with Gasteiger partial charge in [-0.25, -0.2) is 13.2 Å². The van der Waals surface area contributed by atoms with E-state index in [0.29, 0.717) is 0 Å². The number of carbonyl (C=O) groups is 2. The Bertz CT molecular complexity index is 563. The number of nitrogens with one attached hydrogen (secondary N) is 2. The van der Waals surface area contributed by atoms with Crippen molar-refractivity contribution in [3.63, 3.8) is 0 Å². The Morgan fingerprint density at radius 2 is 1.83 bits per heavy atom. The Morgan fingerprint density at radius 1 is 1.30 bits per heavy atom. The fourth-order valence-electron chi connectivity index (χ4n) is 1.37. The van der Waals surface area contributed by atoms with E-state index in [9.17, 15) is 22.6 Å². The molecule has 0 saturated carbocycles. The Morgan fingerprint density at radius 3 is 2.22 bits per heavy atom. The molecule has 0 radical (unpaired) electrons. The summed E-state index contributed by atoms with van der Waals surface area (Å²) < 4.78 is 51.9. The monoisotopic (exact) mass is 362 g/mol. The quantitative estimate of drug-likeness (QED) is 0.384. The zero-order valence-corrected chi connectivity index (χ0v) is 17.2. The number of amides is 2. The molecule has 0 aliphatic carbocycles. The molecule has 0 rings (SSSR count). The van der Waals surface area contributed by atoms with Gasteiger partial charge < -0.3 is 19.9 Å². The van der Waals surface area contributed by atoms with Gasteiger partial charge in [0.05, 0.1) is 10.1 Å². The number of rotatable bonds is 7. The molecule has 0 aromatic rings. The fraction of sp³-hybridized carbons (Fsp3) is 0.846. The molecule has 0 fully saturated rings. The maximum atomic E-state index is 12.2. The normalized spacial score (nSPS) is 14.9. The van der Waals surface area contributed by atoms with E-state index in [4.69, 9.17) is 7.48 Å². The van der Waals surface area contributed by atoms with Crippen LogP contribution in [0, 0.1) is 5.92 Å². The molecule has 0 aliphatic heterocycles. The summed E-state index contributed by atoms with van der Waals surface area (Å²) in [6.07, 6.45) is -1.53. The second-order valence-electron chi connectivity index (χ2n) is 6.05. The van der Waals surface area contributed by atoms with Crippen molar-refractivity contribution in [3.8, 4) is 0 Å². The first kappa shape index (κ1) is 20.7. The van der Waals surface area contributed by atoms with E-state index in [0.717, 1.165) is 0 Å². The topological polar surface area (TPSA) is 125 Å². The molecule has 0 aromatic heterocycles. The smallest absolute Gasteiger partial charge is 0.748 e. The Kier molecular flexibility index (Phi) is 9.45. The molecule has 0 saturated heterocycles. The van der Waals surface area contributed by atoms with Gasteiger partial charge in [-0.3, -0.25) is 4.79 Å². The Balaban J connectivity index is 0. The summed E-state index contributed by atoms with van der Waals surface area (Å²) in [5.74, 6) is -2.17. The van der Waals surface area contributed by atoms with Crippen LogP contribution in [0.15, 0.2) is 0 Å². The zero-order chi connectivity index (χ0) is 19.3. The molecule has 0 unspecified atom stereocenters. The fourth-order valence-corrected chi connectivity index (χ4v) is 1.72. The summed E-state index contributed by atoms with van der Waals surface area (Å²) >= 11 is 0. The summed E-state index contributed by atoms with van der Waals surface area (Å²) in [6, 6.07) is -1.08. The molecule has 2 N–H and O–H groups in total. The summed E-state index contributed by atoms with van der Waals surface area (Å²) in [4.78, 5) is 24.0. The third-order valence-electron chi connectivity index (χ3n) is 2.31. The molecule has 130 valence electrons. The summed E-state index contributed by atoms with van der Waals surface area (Å²) in [5, 5.41) is 4.35. The van der Waals surface area contributed by atoms with Crippen molar-refractivity contribution in [2.45, 2.75) is 52.7 Å². The number of ether oxygens (including phenoxy) is 1. The minimum Gasteiger partial charge on any atom is -0.748 e. The van der Waals surface area contributed by atoms with Crippen LogP contribution in [0.25, 0.3) is 0 Å². The largest absolute Gasteiger partial charge is 1.00 e. The molecule has 0 bridgehead atoms. The second-order valence-corrected chi connectivity index (χ2v) is 7.57. The standard InChI is InChI=1S/C13H26N2O6S.Na/c1-9(2)10(15-12(17)21-13(3,4)5)11(16)14-7-6-8-22(18,19)20;/h9-10H,6-8H2,1-5H3,(H,14,16)(H,15,17)(H,18,19,20);/q;+1/p-1/t10-;/m0./s1/i7D2;. The number of carbonyl (C=O) groups excluding carboxylic acids is 2. The summed E-state index contributed by atoms with van der Waals surface area (Å²) in [7, 11) is -4.60. The second kappa shape index (κ2) is 10.5. The van der Waals surface area contributed by atoms with Crippen LogP contribution in [-0.4, -0.2) is 48.9 Å². The van der Waals surface area contributed by atoms with E-state index in [1.807, 2.05) is 5.32 Å². The van der Waals surface area contributed by atoms with Crippen LogP contribution in [0.3, 0.4) is 0 Å². The average molecular weight is 362 g/mol. The van der Waals surface area contributed by atoms with Crippen LogP contribution in [0.5, 0.6) is 0 Å². The van der Waals surface area contributed by atoms with Crippen molar-refractivity contribution in [1.29, 1.82) is 0 Å². The van der Waals surface area contributed by atoms with Crippen LogP contribution in [0.1, 0.15) is 43.8 Å². The van der Waals surface area contributed by atoms with Gasteiger partial charge in [0.1, 0.15) is 11.6 Å². The van der Waals surface area contributed by atoms with Gasteiger partial charge in [0.15, 0.2) is 0 Å². The van der Waals surface area contributed by atoms with E-state index in [1.54, 1.807) is 34.6 Å². The van der Waals surface area contributed by atoms with Gasteiger partial charge in [0, 0.05) is 15.0 Å². The molecule has 0 aliphatic rings. The Hall–Kier alpha value is -0.350. The minimum atomic E-state index is -4.60. The third-order valence-corrected chi connectivity index (χ3v) is 3.01. The maximum Gasteiger partial charge on any atom is 1.00 e. The van der Waals surface area contributed by atoms with Crippen molar-refractivity contribution in [2.24, 2.45) is 5.92 Å². The summed E-state index contributed by atoms with van der Waals surface area (Å²) in [6.45, 7) is 5.83. The maximum absolute atomic E-state index is 12.2. The van der Waals surface area contributed by atoms with Crippen molar-refractivity contribution < 1.29 is 59.6 Å². The van der Waals surface area contributed by atoms with Crippen molar-refractivity contribution >= 4 is 22.1 Å². The first-order valence-electron chi connectivity index (χ1n) is 7.77. The van der Waals surface area contributed by atoms with Crippen LogP contribution in [0.2, 0.25) is 0 Å². The van der Waals surface area contributed by atoms with Gasteiger partial charge in [-0.05, 0) is 33.1 Å². The molecule has 0 aromatic carbocycles. The first-order chi connectivity index (χ1) is 10.5. The van der Waals surface area contributed by atoms with Gasteiger partial charge in [0.25, 0.3) is 0 Å². The predicted octanol–water partition coefficient (Wildman–Crippen LogP) is -2.41. The number of hydrogen-bond acceptors (Lipinski definition) is 6. The predicted molar refractivity (Wildman–Crippen MR) is 80.2 cm³/mol. The van der Waals surface area contributed by atoms with Gasteiger partial charge in [0.2, 0.25) is 5.91 Å². The van der Waals surface area contributed by atoms with Crippen LogP contribution in [-0.2, 0) is 19.6 Å². The average Bonchev–Trinajstić information content (AvgIpc) is 2.29. The SMILES string of the molecule is [2H]C([2H])(CCS(=O)(=O)[O-])NC(=O)[C@@H](NC(=O)OC(C)(C)C)C(C)C.[Na+]. The van der Waals surface area contributed by atoms with Gasteiger partial charge in [-0.1, -0.05) is 13.8 Å². The molecular formula is C13H25N2NaO6S. The molecule has 10 heteroatoms. The van der Waals surface area contributed by atoms with E-state index in [1.165, 1.54) is 0 Å². The van der Waals surface area contributed by atoms with E-state index < -0.39 is 52.4 Å².